The lowest BCUT2D eigenvalue weighted by molar-refractivity contribution is -0.141. The molecule has 0 aromatic carbocycles. The fraction of sp³-hybridized carbons (Fsp3) is 0.538. The van der Waals surface area contributed by atoms with Gasteiger partial charge in [0.2, 0.25) is 0 Å². The van der Waals surface area contributed by atoms with Crippen LogP contribution in [-0.4, -0.2) is 23.0 Å². The van der Waals surface area contributed by atoms with Crippen LogP contribution in [0.2, 0.25) is 0 Å². The number of alkyl halides is 3. The number of carbonyl (C=O) groups is 1. The zero-order valence-corrected chi connectivity index (χ0v) is 13.3. The molecule has 1 aromatic rings. The van der Waals surface area contributed by atoms with Crippen molar-refractivity contribution in [3.8, 4) is 0 Å². The molecule has 1 heterocycles. The third-order valence-corrected chi connectivity index (χ3v) is 3.65. The minimum absolute atomic E-state index is 0. The molecule has 1 fully saturated rings. The van der Waals surface area contributed by atoms with Crippen molar-refractivity contribution in [3.05, 3.63) is 29.6 Å². The Kier molecular flexibility index (Phi) is 7.61. The van der Waals surface area contributed by atoms with E-state index in [9.17, 15) is 18.0 Å². The van der Waals surface area contributed by atoms with Gasteiger partial charge in [0.15, 0.2) is 0 Å². The summed E-state index contributed by atoms with van der Waals surface area (Å²) >= 11 is 0. The molecule has 0 unspecified atom stereocenters. The molecule has 1 aromatic heterocycles. The number of nitrogens with two attached hydrogens (primary N) is 1. The maximum atomic E-state index is 12.4. The Morgan fingerprint density at radius 1 is 1.27 bits per heavy atom. The first kappa shape index (κ1) is 20.9. The van der Waals surface area contributed by atoms with Gasteiger partial charge in [0, 0.05) is 12.7 Å². The molecule has 3 N–H and O–H groups in total. The van der Waals surface area contributed by atoms with Gasteiger partial charge >= 0.3 is 6.18 Å². The summed E-state index contributed by atoms with van der Waals surface area (Å²) in [5.74, 6) is -0.432. The lowest BCUT2D eigenvalue weighted by Gasteiger charge is -2.28. The van der Waals surface area contributed by atoms with Crippen LogP contribution in [-0.2, 0) is 6.18 Å². The lowest BCUT2D eigenvalue weighted by atomic mass is 9.97. The number of nitrogens with zero attached hydrogens (tertiary/aromatic N) is 1. The molecule has 1 aliphatic rings. The van der Waals surface area contributed by atoms with Gasteiger partial charge in [0.05, 0.1) is 11.1 Å². The van der Waals surface area contributed by atoms with Crippen molar-refractivity contribution < 1.29 is 18.0 Å². The van der Waals surface area contributed by atoms with E-state index in [1.807, 2.05) is 0 Å². The summed E-state index contributed by atoms with van der Waals surface area (Å²) in [6.45, 7) is 0.326. The second-order valence-electron chi connectivity index (χ2n) is 5.08. The van der Waals surface area contributed by atoms with Gasteiger partial charge in [-0.2, -0.15) is 13.2 Å². The first-order valence-corrected chi connectivity index (χ1v) is 6.42. The summed E-state index contributed by atoms with van der Waals surface area (Å²) in [7, 11) is 0. The Morgan fingerprint density at radius 2 is 1.86 bits per heavy atom. The smallest absolute Gasteiger partial charge is 0.345 e. The normalized spacial score (nSPS) is 16.4. The van der Waals surface area contributed by atoms with Crippen LogP contribution in [0, 0.1) is 0 Å². The number of pyridine rings is 1. The molecular formula is C13H18Cl2F3N3O. The quantitative estimate of drug-likeness (QED) is 0.871. The van der Waals surface area contributed by atoms with Gasteiger partial charge in [-0.25, -0.2) is 0 Å². The second-order valence-corrected chi connectivity index (χ2v) is 5.08. The Hall–Kier alpha value is -1.05. The van der Waals surface area contributed by atoms with E-state index in [2.05, 4.69) is 10.3 Å². The summed E-state index contributed by atoms with van der Waals surface area (Å²) in [6, 6.07) is 1.93. The summed E-state index contributed by atoms with van der Waals surface area (Å²) in [6.07, 6.45) is 0.00829. The average Bonchev–Trinajstić information content (AvgIpc) is 2.87. The molecule has 0 saturated heterocycles. The summed E-state index contributed by atoms with van der Waals surface area (Å²) in [5, 5.41) is 2.83. The van der Waals surface area contributed by atoms with Crippen LogP contribution in [0.5, 0.6) is 0 Å². The van der Waals surface area contributed by atoms with E-state index in [4.69, 9.17) is 5.73 Å². The molecule has 1 amide bonds. The number of rotatable bonds is 3. The van der Waals surface area contributed by atoms with Crippen molar-refractivity contribution >= 4 is 30.7 Å². The molecule has 126 valence electrons. The molecule has 0 bridgehead atoms. The van der Waals surface area contributed by atoms with E-state index >= 15 is 0 Å². The van der Waals surface area contributed by atoms with E-state index in [-0.39, 0.29) is 30.4 Å². The molecule has 22 heavy (non-hydrogen) atoms. The number of halogens is 5. The standard InChI is InChI=1S/C13H16F3N3O.2ClH/c14-13(15,16)10-4-3-9(7-18-10)11(20)19-12(8-17)5-1-2-6-12;;/h3-4,7H,1-2,5-6,8,17H2,(H,19,20);2*1H. The number of carbonyl (C=O) groups excluding carboxylic acids is 1. The van der Waals surface area contributed by atoms with Crippen LogP contribution >= 0.6 is 24.8 Å². The first-order valence-electron chi connectivity index (χ1n) is 6.42. The predicted octanol–water partition coefficient (Wildman–Crippen LogP) is 2.95. The van der Waals surface area contributed by atoms with Gasteiger partial charge < -0.3 is 11.1 Å². The summed E-state index contributed by atoms with van der Waals surface area (Å²) in [4.78, 5) is 15.3. The van der Waals surface area contributed by atoms with Gasteiger partial charge in [0.1, 0.15) is 5.69 Å². The third kappa shape index (κ3) is 4.72. The molecule has 2 rings (SSSR count). The molecule has 0 spiro atoms. The highest BCUT2D eigenvalue weighted by atomic mass is 35.5. The van der Waals surface area contributed by atoms with Gasteiger partial charge in [-0.3, -0.25) is 9.78 Å². The van der Waals surface area contributed by atoms with E-state index in [0.717, 1.165) is 44.0 Å². The highest BCUT2D eigenvalue weighted by Gasteiger charge is 2.35. The van der Waals surface area contributed by atoms with Crippen LogP contribution < -0.4 is 11.1 Å². The fourth-order valence-electron chi connectivity index (χ4n) is 2.44. The number of nitrogens with one attached hydrogen (secondary N) is 1. The van der Waals surface area contributed by atoms with E-state index in [1.54, 1.807) is 0 Å². The topological polar surface area (TPSA) is 68.0 Å². The van der Waals surface area contributed by atoms with E-state index < -0.39 is 23.3 Å². The van der Waals surface area contributed by atoms with Crippen molar-refractivity contribution in [2.24, 2.45) is 5.73 Å². The minimum Gasteiger partial charge on any atom is -0.345 e. The van der Waals surface area contributed by atoms with Crippen LogP contribution in [0.4, 0.5) is 13.2 Å². The number of hydrogen-bond donors (Lipinski definition) is 2. The molecule has 1 saturated carbocycles. The van der Waals surface area contributed by atoms with Crippen LogP contribution in [0.25, 0.3) is 0 Å². The van der Waals surface area contributed by atoms with Crippen molar-refractivity contribution in [2.45, 2.75) is 37.4 Å². The molecule has 1 aliphatic carbocycles. The van der Waals surface area contributed by atoms with Crippen molar-refractivity contribution in [1.82, 2.24) is 10.3 Å². The van der Waals surface area contributed by atoms with E-state index in [0.29, 0.717) is 6.54 Å². The SMILES string of the molecule is Cl.Cl.NCC1(NC(=O)c2ccc(C(F)(F)F)nc2)CCCC1. The maximum absolute atomic E-state index is 12.4. The van der Waals surface area contributed by atoms with Crippen molar-refractivity contribution in [3.63, 3.8) is 0 Å². The van der Waals surface area contributed by atoms with Gasteiger partial charge in [-0.1, -0.05) is 12.8 Å². The monoisotopic (exact) mass is 359 g/mol. The van der Waals surface area contributed by atoms with Crippen LogP contribution in [0.3, 0.4) is 0 Å². The molecular weight excluding hydrogens is 342 g/mol. The highest BCUT2D eigenvalue weighted by molar-refractivity contribution is 5.94. The first-order chi connectivity index (χ1) is 9.36. The second kappa shape index (κ2) is 7.99. The van der Waals surface area contributed by atoms with Gasteiger partial charge in [-0.05, 0) is 25.0 Å². The minimum atomic E-state index is -4.50. The molecule has 4 nitrogen and oxygen atoms in total. The lowest BCUT2D eigenvalue weighted by Crippen LogP contribution is -2.51. The highest BCUT2D eigenvalue weighted by Crippen LogP contribution is 2.29. The largest absolute Gasteiger partial charge is 0.433 e. The zero-order chi connectivity index (χ0) is 14.8. The molecule has 9 heteroatoms. The van der Waals surface area contributed by atoms with Gasteiger partial charge in [0.25, 0.3) is 5.91 Å². The van der Waals surface area contributed by atoms with Crippen molar-refractivity contribution in [1.29, 1.82) is 0 Å². The van der Waals surface area contributed by atoms with Crippen molar-refractivity contribution in [2.75, 3.05) is 6.54 Å². The molecule has 0 aliphatic heterocycles. The predicted molar refractivity (Wildman–Crippen MR) is 81.5 cm³/mol. The van der Waals surface area contributed by atoms with E-state index in [1.165, 1.54) is 0 Å². The van der Waals surface area contributed by atoms with Crippen LogP contribution in [0.15, 0.2) is 18.3 Å². The third-order valence-electron chi connectivity index (χ3n) is 3.65. The average molecular weight is 360 g/mol. The maximum Gasteiger partial charge on any atom is 0.433 e. The number of hydrogen-bond acceptors (Lipinski definition) is 3. The Balaban J connectivity index is 0.00000220. The fourth-order valence-corrected chi connectivity index (χ4v) is 2.44. The number of amides is 1. The Morgan fingerprint density at radius 3 is 2.27 bits per heavy atom. The molecule has 0 radical (unpaired) electrons. The van der Waals surface area contributed by atoms with Gasteiger partial charge in [-0.15, -0.1) is 24.8 Å². The summed E-state index contributed by atoms with van der Waals surface area (Å²) < 4.78 is 37.2. The zero-order valence-electron chi connectivity index (χ0n) is 11.7. The molecule has 0 atom stereocenters. The number of aromatic nitrogens is 1. The Labute approximate surface area is 138 Å². The van der Waals surface area contributed by atoms with Crippen LogP contribution in [0.1, 0.15) is 41.7 Å². The summed E-state index contributed by atoms with van der Waals surface area (Å²) in [5.41, 5.74) is 4.36. The Bertz CT molecular complexity index is 488.